The molecule has 152 valence electrons. The summed E-state index contributed by atoms with van der Waals surface area (Å²) in [7, 11) is 4.07. The molecular weight excluding hydrogens is 342 g/mol. The second kappa shape index (κ2) is 11.3. The maximum atomic E-state index is 11.6. The lowest BCUT2D eigenvalue weighted by Crippen LogP contribution is -2.42. The maximum Gasteiger partial charge on any atom is 0.407 e. The summed E-state index contributed by atoms with van der Waals surface area (Å²) in [6, 6.07) is 8.50. The third kappa shape index (κ3) is 10.3. The minimum atomic E-state index is -0.487. The van der Waals surface area contributed by atoms with E-state index < -0.39 is 11.7 Å². The van der Waals surface area contributed by atoms with Crippen LogP contribution < -0.4 is 20.9 Å². The molecule has 0 bridgehead atoms. The molecule has 0 aliphatic rings. The number of amides is 1. The molecule has 0 saturated carbocycles. The van der Waals surface area contributed by atoms with Gasteiger partial charge in [-0.25, -0.2) is 4.79 Å². The Bertz CT molecular complexity index is 591. The van der Waals surface area contributed by atoms with E-state index in [9.17, 15) is 4.79 Å². The van der Waals surface area contributed by atoms with Crippen LogP contribution in [0.15, 0.2) is 29.3 Å². The topological polar surface area (TPSA) is 78.0 Å². The summed E-state index contributed by atoms with van der Waals surface area (Å²) in [6.07, 6.45) is 0.466. The number of nitrogens with zero attached hydrogens (tertiary/aromatic N) is 2. The molecule has 0 aromatic heterocycles. The first kappa shape index (κ1) is 22.6. The highest BCUT2D eigenvalue weighted by Gasteiger charge is 2.15. The lowest BCUT2D eigenvalue weighted by atomic mass is 10.1. The Morgan fingerprint density at radius 2 is 1.70 bits per heavy atom. The average Bonchev–Trinajstić information content (AvgIpc) is 2.57. The molecule has 0 fully saturated rings. The molecule has 0 heterocycles. The predicted octanol–water partition coefficient (Wildman–Crippen LogP) is 2.37. The molecule has 0 saturated heterocycles. The molecule has 27 heavy (non-hydrogen) atoms. The number of anilines is 1. The molecule has 7 heteroatoms. The van der Waals surface area contributed by atoms with Gasteiger partial charge in [-0.2, -0.15) is 0 Å². The summed E-state index contributed by atoms with van der Waals surface area (Å²) in [6.45, 7) is 10.1. The summed E-state index contributed by atoms with van der Waals surface area (Å²) >= 11 is 0. The molecule has 7 nitrogen and oxygen atoms in total. The van der Waals surface area contributed by atoms with Gasteiger partial charge in [-0.1, -0.05) is 12.1 Å². The molecule has 1 amide bonds. The van der Waals surface area contributed by atoms with E-state index in [1.807, 2.05) is 41.8 Å². The van der Waals surface area contributed by atoms with Crippen LogP contribution in [0.3, 0.4) is 0 Å². The van der Waals surface area contributed by atoms with Gasteiger partial charge in [0.15, 0.2) is 5.96 Å². The van der Waals surface area contributed by atoms with Crippen LogP contribution in [-0.4, -0.2) is 57.9 Å². The van der Waals surface area contributed by atoms with Crippen molar-refractivity contribution in [2.75, 3.05) is 45.2 Å². The van der Waals surface area contributed by atoms with Gasteiger partial charge in [0, 0.05) is 46.0 Å². The summed E-state index contributed by atoms with van der Waals surface area (Å²) in [5.41, 5.74) is 1.96. The third-order valence-corrected chi connectivity index (χ3v) is 3.55. The van der Waals surface area contributed by atoms with Gasteiger partial charge in [-0.15, -0.1) is 0 Å². The molecule has 0 spiro atoms. The lowest BCUT2D eigenvalue weighted by Gasteiger charge is -2.19. The van der Waals surface area contributed by atoms with Crippen molar-refractivity contribution in [3.8, 4) is 0 Å². The van der Waals surface area contributed by atoms with Crippen molar-refractivity contribution < 1.29 is 9.53 Å². The summed E-state index contributed by atoms with van der Waals surface area (Å²) < 4.78 is 5.20. The highest BCUT2D eigenvalue weighted by molar-refractivity contribution is 5.79. The number of hydrogen-bond acceptors (Lipinski definition) is 4. The number of alkyl carbamates (subject to hydrolysis) is 1. The van der Waals surface area contributed by atoms with Gasteiger partial charge in [0.2, 0.25) is 0 Å². The Balaban J connectivity index is 2.38. The first-order chi connectivity index (χ1) is 12.7. The molecule has 1 rings (SSSR count). The summed E-state index contributed by atoms with van der Waals surface area (Å²) in [5.74, 6) is 0.744. The van der Waals surface area contributed by atoms with Gasteiger partial charge in [0.25, 0.3) is 0 Å². The smallest absolute Gasteiger partial charge is 0.407 e. The lowest BCUT2D eigenvalue weighted by molar-refractivity contribution is 0.0529. The van der Waals surface area contributed by atoms with E-state index in [-0.39, 0.29) is 0 Å². The molecule has 3 N–H and O–H groups in total. The largest absolute Gasteiger partial charge is 0.444 e. The van der Waals surface area contributed by atoms with Crippen LogP contribution in [0.1, 0.15) is 33.3 Å². The van der Waals surface area contributed by atoms with E-state index in [0.717, 1.165) is 18.9 Å². The number of benzene rings is 1. The quantitative estimate of drug-likeness (QED) is 0.368. The molecule has 0 unspecified atom stereocenters. The van der Waals surface area contributed by atoms with E-state index in [0.29, 0.717) is 19.6 Å². The molecule has 0 aliphatic carbocycles. The average molecular weight is 378 g/mol. The molecule has 0 radical (unpaired) electrons. The van der Waals surface area contributed by atoms with Gasteiger partial charge in [-0.3, -0.25) is 4.99 Å². The van der Waals surface area contributed by atoms with Crippen molar-refractivity contribution in [3.05, 3.63) is 29.8 Å². The van der Waals surface area contributed by atoms with Crippen LogP contribution in [0.25, 0.3) is 0 Å². The first-order valence-electron chi connectivity index (χ1n) is 9.46. The Hall–Kier alpha value is -2.44. The highest BCUT2D eigenvalue weighted by Crippen LogP contribution is 2.12. The van der Waals surface area contributed by atoms with E-state index in [1.165, 1.54) is 11.3 Å². The fourth-order valence-corrected chi connectivity index (χ4v) is 2.26. The van der Waals surface area contributed by atoms with Crippen LogP contribution >= 0.6 is 0 Å². The van der Waals surface area contributed by atoms with Gasteiger partial charge in [-0.05, 0) is 51.8 Å². The second-order valence-electron chi connectivity index (χ2n) is 7.43. The minimum Gasteiger partial charge on any atom is -0.444 e. The predicted molar refractivity (Wildman–Crippen MR) is 113 cm³/mol. The second-order valence-corrected chi connectivity index (χ2v) is 7.43. The molecule has 0 atom stereocenters. The normalized spacial score (nSPS) is 11.7. The highest BCUT2D eigenvalue weighted by atomic mass is 16.6. The minimum absolute atomic E-state index is 0.410. The number of hydrogen-bond donors (Lipinski definition) is 3. The summed E-state index contributed by atoms with van der Waals surface area (Å²) in [5, 5.41) is 9.14. The molecule has 1 aromatic carbocycles. The SMILES string of the molecule is CCNC(=NCCc1ccc(N(C)C)cc1)NCCNC(=O)OC(C)(C)C. The van der Waals surface area contributed by atoms with E-state index in [2.05, 4.69) is 50.1 Å². The van der Waals surface area contributed by atoms with Gasteiger partial charge < -0.3 is 25.6 Å². The Kier molecular flexibility index (Phi) is 9.47. The third-order valence-electron chi connectivity index (χ3n) is 3.55. The van der Waals surface area contributed by atoms with Crippen LogP contribution in [0, 0.1) is 0 Å². The fourth-order valence-electron chi connectivity index (χ4n) is 2.26. The van der Waals surface area contributed by atoms with Gasteiger partial charge >= 0.3 is 6.09 Å². The number of carbonyl (C=O) groups is 1. The number of ether oxygens (including phenoxy) is 1. The number of aliphatic imine (C=N–C) groups is 1. The molecule has 0 aliphatic heterocycles. The van der Waals surface area contributed by atoms with Crippen molar-refractivity contribution >= 4 is 17.7 Å². The van der Waals surface area contributed by atoms with Crippen molar-refractivity contribution in [1.82, 2.24) is 16.0 Å². The number of rotatable bonds is 8. The van der Waals surface area contributed by atoms with Crippen molar-refractivity contribution in [1.29, 1.82) is 0 Å². The Labute approximate surface area is 163 Å². The van der Waals surface area contributed by atoms with Crippen molar-refractivity contribution in [2.45, 2.75) is 39.7 Å². The van der Waals surface area contributed by atoms with E-state index >= 15 is 0 Å². The van der Waals surface area contributed by atoms with Crippen LogP contribution in [0.2, 0.25) is 0 Å². The Morgan fingerprint density at radius 1 is 1.07 bits per heavy atom. The zero-order chi connectivity index (χ0) is 20.3. The van der Waals surface area contributed by atoms with E-state index in [4.69, 9.17) is 4.74 Å². The zero-order valence-corrected chi connectivity index (χ0v) is 17.6. The summed E-state index contributed by atoms with van der Waals surface area (Å²) in [4.78, 5) is 18.3. The van der Waals surface area contributed by atoms with Crippen LogP contribution in [0.5, 0.6) is 0 Å². The fraction of sp³-hybridized carbons (Fsp3) is 0.600. The van der Waals surface area contributed by atoms with Crippen LogP contribution in [0.4, 0.5) is 10.5 Å². The van der Waals surface area contributed by atoms with Gasteiger partial charge in [0.1, 0.15) is 5.60 Å². The zero-order valence-electron chi connectivity index (χ0n) is 17.6. The molecule has 1 aromatic rings. The number of nitrogens with one attached hydrogen (secondary N) is 3. The van der Waals surface area contributed by atoms with Crippen LogP contribution in [-0.2, 0) is 11.2 Å². The van der Waals surface area contributed by atoms with Crippen molar-refractivity contribution in [2.24, 2.45) is 4.99 Å². The maximum absolute atomic E-state index is 11.6. The number of carbonyl (C=O) groups excluding carboxylic acids is 1. The molecular formula is C20H35N5O2. The number of guanidine groups is 1. The van der Waals surface area contributed by atoms with E-state index in [1.54, 1.807) is 0 Å². The first-order valence-corrected chi connectivity index (χ1v) is 9.46. The van der Waals surface area contributed by atoms with Crippen molar-refractivity contribution in [3.63, 3.8) is 0 Å². The Morgan fingerprint density at radius 3 is 2.26 bits per heavy atom. The van der Waals surface area contributed by atoms with Gasteiger partial charge in [0.05, 0.1) is 0 Å². The standard InChI is InChI=1S/C20H35N5O2/c1-7-21-18(23-14-15-24-19(26)27-20(2,3)4)22-13-12-16-8-10-17(11-9-16)25(5)6/h8-11H,7,12-15H2,1-6H3,(H,24,26)(H2,21,22,23). The monoisotopic (exact) mass is 377 g/mol.